The van der Waals surface area contributed by atoms with Crippen LogP contribution in [0.3, 0.4) is 0 Å². The Hall–Kier alpha value is -0.900. The molecular weight excluding hydrogens is 248 g/mol. The Kier molecular flexibility index (Phi) is 6.33. The van der Waals surface area contributed by atoms with Gasteiger partial charge >= 0.3 is 0 Å². The van der Waals surface area contributed by atoms with Crippen LogP contribution >= 0.6 is 12.4 Å². The third-order valence-corrected chi connectivity index (χ3v) is 3.30. The quantitative estimate of drug-likeness (QED) is 0.845. The molecule has 1 aliphatic rings. The summed E-state index contributed by atoms with van der Waals surface area (Å²) in [4.78, 5) is 13.9. The minimum atomic E-state index is 0. The number of piperazine rings is 1. The average molecular weight is 269 g/mol. The number of nitrogens with one attached hydrogen (secondary N) is 1. The number of hydrogen-bond acceptors (Lipinski definition) is 3. The summed E-state index contributed by atoms with van der Waals surface area (Å²) in [5, 5.41) is 3.35. The SMILES string of the molecule is CC(=O)c1ccccc1CCN1CCNCC1.Cl. The highest BCUT2D eigenvalue weighted by atomic mass is 35.5. The van der Waals surface area contributed by atoms with E-state index in [4.69, 9.17) is 0 Å². The molecule has 0 saturated carbocycles. The van der Waals surface area contributed by atoms with Gasteiger partial charge in [-0.25, -0.2) is 0 Å². The van der Waals surface area contributed by atoms with Crippen molar-refractivity contribution in [2.24, 2.45) is 0 Å². The van der Waals surface area contributed by atoms with Crippen LogP contribution in [0.25, 0.3) is 0 Å². The van der Waals surface area contributed by atoms with Crippen molar-refractivity contribution in [3.63, 3.8) is 0 Å². The molecule has 18 heavy (non-hydrogen) atoms. The van der Waals surface area contributed by atoms with Gasteiger partial charge in [-0.1, -0.05) is 24.3 Å². The van der Waals surface area contributed by atoms with E-state index in [1.54, 1.807) is 6.92 Å². The molecule has 3 nitrogen and oxygen atoms in total. The highest BCUT2D eigenvalue weighted by Gasteiger charge is 2.11. The fourth-order valence-corrected chi connectivity index (χ4v) is 2.30. The van der Waals surface area contributed by atoms with E-state index < -0.39 is 0 Å². The van der Waals surface area contributed by atoms with Gasteiger partial charge in [0.15, 0.2) is 5.78 Å². The molecular formula is C14H21ClN2O. The average Bonchev–Trinajstić information content (AvgIpc) is 2.38. The van der Waals surface area contributed by atoms with Gasteiger partial charge in [-0.2, -0.15) is 0 Å². The molecule has 1 fully saturated rings. The first kappa shape index (κ1) is 15.2. The van der Waals surface area contributed by atoms with Gasteiger partial charge in [0, 0.05) is 38.3 Å². The fourth-order valence-electron chi connectivity index (χ4n) is 2.30. The van der Waals surface area contributed by atoms with Crippen LogP contribution in [0, 0.1) is 0 Å². The summed E-state index contributed by atoms with van der Waals surface area (Å²) in [7, 11) is 0. The molecule has 0 unspecified atom stereocenters. The zero-order valence-electron chi connectivity index (χ0n) is 10.8. The van der Waals surface area contributed by atoms with E-state index in [9.17, 15) is 4.79 Å². The molecule has 1 aromatic rings. The van der Waals surface area contributed by atoms with E-state index in [1.807, 2.05) is 18.2 Å². The number of benzene rings is 1. The van der Waals surface area contributed by atoms with E-state index in [2.05, 4.69) is 16.3 Å². The number of rotatable bonds is 4. The molecule has 1 aliphatic heterocycles. The number of carbonyl (C=O) groups excluding carboxylic acids is 1. The van der Waals surface area contributed by atoms with Gasteiger partial charge in [0.25, 0.3) is 0 Å². The molecule has 0 spiro atoms. The van der Waals surface area contributed by atoms with Gasteiger partial charge in [0.1, 0.15) is 0 Å². The second kappa shape index (κ2) is 7.52. The van der Waals surface area contributed by atoms with Crippen LogP contribution in [0.5, 0.6) is 0 Å². The summed E-state index contributed by atoms with van der Waals surface area (Å²) >= 11 is 0. The van der Waals surface area contributed by atoms with Crippen LogP contribution in [-0.4, -0.2) is 43.4 Å². The minimum Gasteiger partial charge on any atom is -0.314 e. The van der Waals surface area contributed by atoms with E-state index in [0.717, 1.165) is 44.7 Å². The molecule has 100 valence electrons. The standard InChI is InChI=1S/C14H20N2O.ClH/c1-12(17)14-5-3-2-4-13(14)6-9-16-10-7-15-8-11-16;/h2-5,15H,6-11H2,1H3;1H. The number of nitrogens with zero attached hydrogens (tertiary/aromatic N) is 1. The zero-order valence-corrected chi connectivity index (χ0v) is 11.6. The van der Waals surface area contributed by atoms with Gasteiger partial charge < -0.3 is 10.2 Å². The number of Topliss-reactive ketones (excluding diaryl/α,β-unsaturated/α-hetero) is 1. The maximum Gasteiger partial charge on any atom is 0.160 e. The van der Waals surface area contributed by atoms with Gasteiger partial charge in [-0.3, -0.25) is 4.79 Å². The van der Waals surface area contributed by atoms with Crippen molar-refractivity contribution in [3.05, 3.63) is 35.4 Å². The largest absolute Gasteiger partial charge is 0.314 e. The molecule has 1 saturated heterocycles. The number of halogens is 1. The zero-order chi connectivity index (χ0) is 12.1. The number of ketones is 1. The minimum absolute atomic E-state index is 0. The number of hydrogen-bond donors (Lipinski definition) is 1. The molecule has 0 aliphatic carbocycles. The van der Waals surface area contributed by atoms with Crippen LogP contribution in [0.1, 0.15) is 22.8 Å². The van der Waals surface area contributed by atoms with Crippen molar-refractivity contribution >= 4 is 18.2 Å². The molecule has 1 heterocycles. The van der Waals surface area contributed by atoms with E-state index >= 15 is 0 Å². The molecule has 0 bridgehead atoms. The molecule has 1 aromatic carbocycles. The van der Waals surface area contributed by atoms with E-state index in [1.165, 1.54) is 5.56 Å². The van der Waals surface area contributed by atoms with Crippen LogP contribution in [0.4, 0.5) is 0 Å². The Morgan fingerprint density at radius 1 is 1.28 bits per heavy atom. The predicted molar refractivity (Wildman–Crippen MR) is 76.7 cm³/mol. The lowest BCUT2D eigenvalue weighted by Gasteiger charge is -2.27. The lowest BCUT2D eigenvalue weighted by molar-refractivity contribution is 0.101. The Bertz CT molecular complexity index is 389. The summed E-state index contributed by atoms with van der Waals surface area (Å²) < 4.78 is 0. The molecule has 0 radical (unpaired) electrons. The second-order valence-corrected chi connectivity index (χ2v) is 4.55. The summed E-state index contributed by atoms with van der Waals surface area (Å²) in [6.07, 6.45) is 0.968. The Balaban J connectivity index is 0.00000162. The predicted octanol–water partition coefficient (Wildman–Crippen LogP) is 1.76. The molecule has 1 N–H and O–H groups in total. The van der Waals surface area contributed by atoms with Crippen molar-refractivity contribution in [2.45, 2.75) is 13.3 Å². The van der Waals surface area contributed by atoms with Crippen molar-refractivity contribution in [2.75, 3.05) is 32.7 Å². The third-order valence-electron chi connectivity index (χ3n) is 3.30. The normalized spacial score (nSPS) is 16.1. The first-order chi connectivity index (χ1) is 8.27. The maximum absolute atomic E-state index is 11.5. The van der Waals surface area contributed by atoms with E-state index in [0.29, 0.717) is 0 Å². The maximum atomic E-state index is 11.5. The Labute approximate surface area is 115 Å². The molecule has 4 heteroatoms. The lowest BCUT2D eigenvalue weighted by atomic mass is 10.0. The first-order valence-electron chi connectivity index (χ1n) is 6.29. The van der Waals surface area contributed by atoms with Gasteiger partial charge in [0.05, 0.1) is 0 Å². The van der Waals surface area contributed by atoms with Crippen LogP contribution in [0.15, 0.2) is 24.3 Å². The summed E-state index contributed by atoms with van der Waals surface area (Å²) in [6, 6.07) is 7.94. The monoisotopic (exact) mass is 268 g/mol. The lowest BCUT2D eigenvalue weighted by Crippen LogP contribution is -2.44. The van der Waals surface area contributed by atoms with Crippen molar-refractivity contribution < 1.29 is 4.79 Å². The van der Waals surface area contributed by atoms with Crippen LogP contribution in [0.2, 0.25) is 0 Å². The highest BCUT2D eigenvalue weighted by molar-refractivity contribution is 5.95. The number of carbonyl (C=O) groups is 1. The van der Waals surface area contributed by atoms with Crippen molar-refractivity contribution in [1.82, 2.24) is 10.2 Å². The van der Waals surface area contributed by atoms with Crippen molar-refractivity contribution in [1.29, 1.82) is 0 Å². The second-order valence-electron chi connectivity index (χ2n) is 4.55. The topological polar surface area (TPSA) is 32.3 Å². The van der Waals surface area contributed by atoms with Crippen molar-refractivity contribution in [3.8, 4) is 0 Å². The molecule has 0 aromatic heterocycles. The highest BCUT2D eigenvalue weighted by Crippen LogP contribution is 2.11. The summed E-state index contributed by atoms with van der Waals surface area (Å²) in [5.74, 6) is 0.168. The molecule has 2 rings (SSSR count). The van der Waals surface area contributed by atoms with Crippen LogP contribution < -0.4 is 5.32 Å². The Morgan fingerprint density at radius 3 is 2.61 bits per heavy atom. The molecule has 0 atom stereocenters. The van der Waals surface area contributed by atoms with Crippen LogP contribution in [-0.2, 0) is 6.42 Å². The van der Waals surface area contributed by atoms with Gasteiger partial charge in [-0.15, -0.1) is 12.4 Å². The van der Waals surface area contributed by atoms with E-state index in [-0.39, 0.29) is 18.2 Å². The summed E-state index contributed by atoms with van der Waals surface area (Å²) in [6.45, 7) is 7.07. The fraction of sp³-hybridized carbons (Fsp3) is 0.500. The first-order valence-corrected chi connectivity index (χ1v) is 6.29. The molecule has 0 amide bonds. The third kappa shape index (κ3) is 4.09. The Morgan fingerprint density at radius 2 is 1.94 bits per heavy atom. The summed E-state index contributed by atoms with van der Waals surface area (Å²) in [5.41, 5.74) is 2.06. The smallest absolute Gasteiger partial charge is 0.160 e. The van der Waals surface area contributed by atoms with Gasteiger partial charge in [0.2, 0.25) is 0 Å². The van der Waals surface area contributed by atoms with Gasteiger partial charge in [-0.05, 0) is 18.9 Å².